The Hall–Kier alpha value is -1.57. The first kappa shape index (κ1) is 16.5. The van der Waals surface area contributed by atoms with Gasteiger partial charge in [-0.05, 0) is 20.8 Å². The van der Waals surface area contributed by atoms with Gasteiger partial charge in [0, 0.05) is 19.7 Å². The van der Waals surface area contributed by atoms with E-state index in [1.165, 1.54) is 7.11 Å². The van der Waals surface area contributed by atoms with Crippen molar-refractivity contribution < 1.29 is 17.9 Å². The van der Waals surface area contributed by atoms with Crippen molar-refractivity contribution in [2.75, 3.05) is 30.9 Å². The number of anilines is 2. The van der Waals surface area contributed by atoms with Crippen molar-refractivity contribution in [3.05, 3.63) is 11.8 Å². The molecule has 0 aliphatic rings. The molecule has 20 heavy (non-hydrogen) atoms. The first-order valence-corrected chi connectivity index (χ1v) is 6.15. The average Bonchev–Trinajstić information content (AvgIpc) is 2.26. The maximum atomic E-state index is 12.8. The third-order valence-electron chi connectivity index (χ3n) is 2.32. The molecule has 2 N–H and O–H groups in total. The fraction of sp³-hybridized carbons (Fsp3) is 0.667. The van der Waals surface area contributed by atoms with E-state index in [9.17, 15) is 13.2 Å². The van der Waals surface area contributed by atoms with E-state index in [4.69, 9.17) is 4.74 Å². The first-order valence-electron chi connectivity index (χ1n) is 6.15. The van der Waals surface area contributed by atoms with Crippen LogP contribution in [0.15, 0.2) is 6.07 Å². The molecule has 0 bridgehead atoms. The molecule has 0 aromatic carbocycles. The number of rotatable bonds is 6. The summed E-state index contributed by atoms with van der Waals surface area (Å²) in [6.45, 7) is 6.13. The van der Waals surface area contributed by atoms with Gasteiger partial charge in [0.15, 0.2) is 5.69 Å². The standard InChI is InChI=1S/C12H19F3N4O/c1-5-16-10-17-8(12(13,14)15)6-9(18-10)19-11(2,3)7-20-4/h6H,5,7H2,1-4H3,(H2,16,17,18,19). The molecule has 1 aromatic rings. The van der Waals surface area contributed by atoms with Crippen molar-refractivity contribution in [1.82, 2.24) is 9.97 Å². The summed E-state index contributed by atoms with van der Waals surface area (Å²) in [4.78, 5) is 7.47. The Kier molecular flexibility index (Phi) is 5.15. The fourth-order valence-corrected chi connectivity index (χ4v) is 1.64. The predicted octanol–water partition coefficient (Wildman–Crippen LogP) is 2.76. The van der Waals surface area contributed by atoms with Crippen molar-refractivity contribution in [2.24, 2.45) is 0 Å². The highest BCUT2D eigenvalue weighted by Gasteiger charge is 2.34. The van der Waals surface area contributed by atoms with Gasteiger partial charge in [-0.15, -0.1) is 0 Å². The van der Waals surface area contributed by atoms with Crippen LogP contribution in [0, 0.1) is 0 Å². The van der Waals surface area contributed by atoms with Crippen molar-refractivity contribution in [2.45, 2.75) is 32.5 Å². The number of ether oxygens (including phenoxy) is 1. The minimum absolute atomic E-state index is 0.0574. The maximum Gasteiger partial charge on any atom is 0.433 e. The van der Waals surface area contributed by atoms with Gasteiger partial charge in [-0.3, -0.25) is 0 Å². The molecular formula is C12H19F3N4O. The Bertz CT molecular complexity index is 449. The van der Waals surface area contributed by atoms with Crippen LogP contribution in [0.2, 0.25) is 0 Å². The zero-order chi connectivity index (χ0) is 15.4. The lowest BCUT2D eigenvalue weighted by Gasteiger charge is -2.26. The zero-order valence-electron chi connectivity index (χ0n) is 11.9. The van der Waals surface area contributed by atoms with Gasteiger partial charge in [-0.2, -0.15) is 18.2 Å². The summed E-state index contributed by atoms with van der Waals surface area (Å²) in [7, 11) is 1.52. The summed E-state index contributed by atoms with van der Waals surface area (Å²) in [6.07, 6.45) is -4.52. The van der Waals surface area contributed by atoms with E-state index in [1.54, 1.807) is 20.8 Å². The Balaban J connectivity index is 3.09. The minimum Gasteiger partial charge on any atom is -0.382 e. The van der Waals surface area contributed by atoms with Crippen LogP contribution < -0.4 is 10.6 Å². The van der Waals surface area contributed by atoms with Gasteiger partial charge in [-0.1, -0.05) is 0 Å². The summed E-state index contributed by atoms with van der Waals surface area (Å²) in [5.74, 6) is 0.0448. The highest BCUT2D eigenvalue weighted by atomic mass is 19.4. The Morgan fingerprint density at radius 2 is 1.90 bits per heavy atom. The van der Waals surface area contributed by atoms with Crippen molar-refractivity contribution >= 4 is 11.8 Å². The Morgan fingerprint density at radius 1 is 1.25 bits per heavy atom. The van der Waals surface area contributed by atoms with Gasteiger partial charge < -0.3 is 15.4 Å². The van der Waals surface area contributed by atoms with Crippen LogP contribution in [-0.4, -0.2) is 35.8 Å². The Labute approximate surface area is 116 Å². The lowest BCUT2D eigenvalue weighted by atomic mass is 10.1. The molecule has 0 radical (unpaired) electrons. The summed E-state index contributed by atoms with van der Waals surface area (Å²) in [6, 6.07) is 0.887. The van der Waals surface area contributed by atoms with Crippen molar-refractivity contribution in [3.63, 3.8) is 0 Å². The first-order chi connectivity index (χ1) is 9.18. The molecule has 0 atom stereocenters. The van der Waals surface area contributed by atoms with E-state index in [0.29, 0.717) is 13.2 Å². The van der Waals surface area contributed by atoms with Crippen molar-refractivity contribution in [3.8, 4) is 0 Å². The normalized spacial score (nSPS) is 12.3. The van der Waals surface area contributed by atoms with Gasteiger partial charge in [-0.25, -0.2) is 4.98 Å². The molecular weight excluding hydrogens is 273 g/mol. The fourth-order valence-electron chi connectivity index (χ4n) is 1.64. The summed E-state index contributed by atoms with van der Waals surface area (Å²) >= 11 is 0. The van der Waals surface area contributed by atoms with E-state index in [2.05, 4.69) is 20.6 Å². The molecule has 0 spiro atoms. The number of nitrogens with zero attached hydrogens (tertiary/aromatic N) is 2. The monoisotopic (exact) mass is 292 g/mol. The second-order valence-corrected chi connectivity index (χ2v) is 4.93. The van der Waals surface area contributed by atoms with Crippen LogP contribution in [0.1, 0.15) is 26.5 Å². The van der Waals surface area contributed by atoms with E-state index in [1.807, 2.05) is 0 Å². The van der Waals surface area contributed by atoms with Gasteiger partial charge in [0.1, 0.15) is 5.82 Å². The van der Waals surface area contributed by atoms with E-state index in [-0.39, 0.29) is 11.8 Å². The lowest BCUT2D eigenvalue weighted by Crippen LogP contribution is -2.36. The molecule has 0 aliphatic heterocycles. The topological polar surface area (TPSA) is 59.1 Å². The largest absolute Gasteiger partial charge is 0.433 e. The van der Waals surface area contributed by atoms with Crippen LogP contribution in [0.4, 0.5) is 24.9 Å². The van der Waals surface area contributed by atoms with Crippen LogP contribution >= 0.6 is 0 Å². The molecule has 0 saturated carbocycles. The second-order valence-electron chi connectivity index (χ2n) is 4.93. The Morgan fingerprint density at radius 3 is 2.40 bits per heavy atom. The highest BCUT2D eigenvalue weighted by molar-refractivity contribution is 5.44. The SMILES string of the molecule is CCNc1nc(NC(C)(C)COC)cc(C(F)(F)F)n1. The van der Waals surface area contributed by atoms with Gasteiger partial charge in [0.2, 0.25) is 5.95 Å². The second kappa shape index (κ2) is 6.25. The van der Waals surface area contributed by atoms with E-state index in [0.717, 1.165) is 6.07 Å². The number of hydrogen-bond donors (Lipinski definition) is 2. The number of hydrogen-bond acceptors (Lipinski definition) is 5. The van der Waals surface area contributed by atoms with Crippen LogP contribution in [0.5, 0.6) is 0 Å². The van der Waals surface area contributed by atoms with E-state index < -0.39 is 17.4 Å². The summed E-state index contributed by atoms with van der Waals surface area (Å²) < 4.78 is 43.4. The van der Waals surface area contributed by atoms with Gasteiger partial charge >= 0.3 is 6.18 Å². The van der Waals surface area contributed by atoms with Gasteiger partial charge in [0.05, 0.1) is 12.1 Å². The van der Waals surface area contributed by atoms with E-state index >= 15 is 0 Å². The molecule has 0 saturated heterocycles. The number of halogens is 3. The van der Waals surface area contributed by atoms with Crippen LogP contribution in [0.3, 0.4) is 0 Å². The van der Waals surface area contributed by atoms with Crippen LogP contribution in [0.25, 0.3) is 0 Å². The van der Waals surface area contributed by atoms with Crippen LogP contribution in [-0.2, 0) is 10.9 Å². The molecule has 1 rings (SSSR count). The zero-order valence-corrected chi connectivity index (χ0v) is 11.9. The molecule has 0 fully saturated rings. The molecule has 0 unspecified atom stereocenters. The number of methoxy groups -OCH3 is 1. The highest BCUT2D eigenvalue weighted by Crippen LogP contribution is 2.30. The number of alkyl halides is 3. The molecule has 0 aliphatic carbocycles. The predicted molar refractivity (Wildman–Crippen MR) is 70.8 cm³/mol. The van der Waals surface area contributed by atoms with Gasteiger partial charge in [0.25, 0.3) is 0 Å². The third kappa shape index (κ3) is 4.84. The maximum absolute atomic E-state index is 12.8. The molecule has 0 amide bonds. The summed E-state index contributed by atoms with van der Waals surface area (Å²) in [5, 5.41) is 5.60. The smallest absolute Gasteiger partial charge is 0.382 e. The molecule has 114 valence electrons. The third-order valence-corrected chi connectivity index (χ3v) is 2.32. The molecule has 8 heteroatoms. The lowest BCUT2D eigenvalue weighted by molar-refractivity contribution is -0.141. The number of nitrogens with one attached hydrogen (secondary N) is 2. The summed E-state index contributed by atoms with van der Waals surface area (Å²) in [5.41, 5.74) is -1.53. The van der Waals surface area contributed by atoms with Crippen molar-refractivity contribution in [1.29, 1.82) is 0 Å². The minimum atomic E-state index is -4.52. The molecule has 1 heterocycles. The quantitative estimate of drug-likeness (QED) is 0.844. The molecule has 1 aromatic heterocycles. The molecule has 5 nitrogen and oxygen atoms in total. The average molecular weight is 292 g/mol. The number of aromatic nitrogens is 2.